The highest BCUT2D eigenvalue weighted by Gasteiger charge is 2.36. The van der Waals surface area contributed by atoms with Crippen molar-refractivity contribution >= 4 is 5.97 Å². The average Bonchev–Trinajstić information content (AvgIpc) is 2.19. The summed E-state index contributed by atoms with van der Waals surface area (Å²) in [7, 11) is 0. The first-order valence-corrected chi connectivity index (χ1v) is 5.65. The first-order valence-electron chi connectivity index (χ1n) is 5.65. The van der Waals surface area contributed by atoms with Crippen molar-refractivity contribution in [2.24, 2.45) is 11.8 Å². The molecule has 0 aliphatic heterocycles. The van der Waals surface area contributed by atoms with Crippen LogP contribution in [0.5, 0.6) is 0 Å². The summed E-state index contributed by atoms with van der Waals surface area (Å²) in [4.78, 5) is 10.7. The van der Waals surface area contributed by atoms with Gasteiger partial charge in [-0.05, 0) is 38.0 Å². The molecule has 3 aliphatic carbocycles. The molecule has 3 heteroatoms. The molecule has 0 spiro atoms. The first kappa shape index (κ1) is 9.97. The third-order valence-electron chi connectivity index (χ3n) is 3.88. The molecule has 0 aromatic rings. The highest BCUT2D eigenvalue weighted by atomic mass is 16.4. The second kappa shape index (κ2) is 3.89. The van der Waals surface area contributed by atoms with Gasteiger partial charge in [-0.1, -0.05) is 12.8 Å². The van der Waals surface area contributed by atoms with Crippen molar-refractivity contribution < 1.29 is 9.90 Å². The zero-order chi connectivity index (χ0) is 10.1. The summed E-state index contributed by atoms with van der Waals surface area (Å²) < 4.78 is 0. The van der Waals surface area contributed by atoms with Crippen molar-refractivity contribution in [2.45, 2.75) is 51.1 Å². The van der Waals surface area contributed by atoms with Gasteiger partial charge >= 0.3 is 5.97 Å². The summed E-state index contributed by atoms with van der Waals surface area (Å²) >= 11 is 0. The van der Waals surface area contributed by atoms with E-state index in [1.165, 1.54) is 32.1 Å². The lowest BCUT2D eigenvalue weighted by atomic mass is 9.68. The molecule has 2 unspecified atom stereocenters. The number of carboxylic acids is 1. The molecule has 3 rings (SSSR count). The summed E-state index contributed by atoms with van der Waals surface area (Å²) in [5.74, 6) is 0.867. The smallest absolute Gasteiger partial charge is 0.320 e. The van der Waals surface area contributed by atoms with Gasteiger partial charge in [0.25, 0.3) is 0 Å². The quantitative estimate of drug-likeness (QED) is 0.723. The van der Waals surface area contributed by atoms with Crippen LogP contribution in [0.3, 0.4) is 0 Å². The van der Waals surface area contributed by atoms with Crippen LogP contribution in [-0.2, 0) is 4.79 Å². The number of fused-ring (bicyclic) bond motifs is 3. The normalized spacial score (nSPS) is 38.2. The van der Waals surface area contributed by atoms with Gasteiger partial charge in [-0.15, -0.1) is 0 Å². The molecule has 3 fully saturated rings. The van der Waals surface area contributed by atoms with E-state index in [9.17, 15) is 4.79 Å². The summed E-state index contributed by atoms with van der Waals surface area (Å²) in [5, 5.41) is 12.1. The van der Waals surface area contributed by atoms with E-state index in [0.717, 1.165) is 11.8 Å². The van der Waals surface area contributed by atoms with E-state index in [1.54, 1.807) is 6.92 Å². The molecule has 0 heterocycles. The van der Waals surface area contributed by atoms with Crippen LogP contribution in [0.2, 0.25) is 0 Å². The molecule has 80 valence electrons. The zero-order valence-electron chi connectivity index (χ0n) is 8.70. The molecule has 2 atom stereocenters. The lowest BCUT2D eigenvalue weighted by Gasteiger charge is -2.43. The molecule has 14 heavy (non-hydrogen) atoms. The first-order chi connectivity index (χ1) is 6.66. The maximum atomic E-state index is 10.7. The van der Waals surface area contributed by atoms with E-state index >= 15 is 0 Å². The molecular weight excluding hydrogens is 178 g/mol. The van der Waals surface area contributed by atoms with Crippen molar-refractivity contribution in [1.29, 1.82) is 0 Å². The second-order valence-electron chi connectivity index (χ2n) is 4.85. The summed E-state index contributed by atoms with van der Waals surface area (Å²) in [6.45, 7) is 1.74. The van der Waals surface area contributed by atoms with Gasteiger partial charge in [-0.3, -0.25) is 4.79 Å². The predicted molar refractivity (Wildman–Crippen MR) is 54.1 cm³/mol. The summed E-state index contributed by atoms with van der Waals surface area (Å²) in [6.07, 6.45) is 6.53. The number of carboxylic acid groups (broad SMARTS) is 1. The van der Waals surface area contributed by atoms with Gasteiger partial charge in [0, 0.05) is 6.04 Å². The maximum Gasteiger partial charge on any atom is 0.320 e. The fraction of sp³-hybridized carbons (Fsp3) is 0.909. The van der Waals surface area contributed by atoms with Crippen molar-refractivity contribution in [1.82, 2.24) is 5.32 Å². The highest BCUT2D eigenvalue weighted by molar-refractivity contribution is 5.72. The number of aliphatic carboxylic acids is 1. The standard InChI is InChI=1S/C11H19NO2/c1-7(11(13)14)12-10-6-8-2-4-9(10)5-3-8/h7-10,12H,2-6H2,1H3,(H,13,14). The Bertz CT molecular complexity index is 221. The van der Waals surface area contributed by atoms with Crippen molar-refractivity contribution in [3.05, 3.63) is 0 Å². The van der Waals surface area contributed by atoms with Crippen LogP contribution >= 0.6 is 0 Å². The average molecular weight is 197 g/mol. The van der Waals surface area contributed by atoms with E-state index < -0.39 is 5.97 Å². The third kappa shape index (κ3) is 1.92. The Morgan fingerprint density at radius 3 is 2.43 bits per heavy atom. The topological polar surface area (TPSA) is 49.3 Å². The van der Waals surface area contributed by atoms with Crippen LogP contribution in [0, 0.1) is 11.8 Å². The molecule has 2 bridgehead atoms. The van der Waals surface area contributed by atoms with Gasteiger partial charge in [-0.2, -0.15) is 0 Å². The summed E-state index contributed by atoms with van der Waals surface area (Å²) in [6, 6.07) is 0.0768. The highest BCUT2D eigenvalue weighted by Crippen LogP contribution is 2.41. The van der Waals surface area contributed by atoms with Gasteiger partial charge in [0.15, 0.2) is 0 Å². The fourth-order valence-electron chi connectivity index (χ4n) is 2.97. The Morgan fingerprint density at radius 2 is 2.00 bits per heavy atom. The Morgan fingerprint density at radius 1 is 1.36 bits per heavy atom. The molecular formula is C11H19NO2. The molecule has 2 N–H and O–H groups in total. The lowest BCUT2D eigenvalue weighted by Crippen LogP contribution is -2.50. The third-order valence-corrected chi connectivity index (χ3v) is 3.88. The number of hydrogen-bond acceptors (Lipinski definition) is 2. The molecule has 0 amide bonds. The Labute approximate surface area is 84.9 Å². The fourth-order valence-corrected chi connectivity index (χ4v) is 2.97. The monoisotopic (exact) mass is 197 g/mol. The molecule has 0 aromatic heterocycles. The van der Waals surface area contributed by atoms with E-state index in [4.69, 9.17) is 5.11 Å². The van der Waals surface area contributed by atoms with Crippen molar-refractivity contribution in [2.75, 3.05) is 0 Å². The SMILES string of the molecule is CC(NC1CC2CCC1CC2)C(=O)O. The number of carbonyl (C=O) groups is 1. The van der Waals surface area contributed by atoms with Crippen molar-refractivity contribution in [3.8, 4) is 0 Å². The van der Waals surface area contributed by atoms with Gasteiger partial charge in [0.1, 0.15) is 6.04 Å². The van der Waals surface area contributed by atoms with E-state index in [0.29, 0.717) is 6.04 Å². The lowest BCUT2D eigenvalue weighted by molar-refractivity contribution is -0.139. The second-order valence-corrected chi connectivity index (χ2v) is 4.85. The molecule has 3 aliphatic rings. The zero-order valence-corrected chi connectivity index (χ0v) is 8.70. The number of rotatable bonds is 3. The van der Waals surface area contributed by atoms with Gasteiger partial charge in [0.2, 0.25) is 0 Å². The minimum atomic E-state index is -0.730. The largest absolute Gasteiger partial charge is 0.480 e. The number of hydrogen-bond donors (Lipinski definition) is 2. The Kier molecular flexibility index (Phi) is 2.77. The minimum Gasteiger partial charge on any atom is -0.480 e. The molecule has 3 saturated carbocycles. The van der Waals surface area contributed by atoms with E-state index in [1.807, 2.05) is 0 Å². The number of nitrogens with one attached hydrogen (secondary N) is 1. The molecule has 0 aromatic carbocycles. The van der Waals surface area contributed by atoms with Crippen LogP contribution < -0.4 is 5.32 Å². The van der Waals surface area contributed by atoms with Crippen LogP contribution in [0.1, 0.15) is 39.0 Å². The molecule has 0 radical (unpaired) electrons. The van der Waals surface area contributed by atoms with Gasteiger partial charge < -0.3 is 10.4 Å². The Balaban J connectivity index is 1.89. The van der Waals surface area contributed by atoms with Crippen LogP contribution in [0.4, 0.5) is 0 Å². The molecule has 3 nitrogen and oxygen atoms in total. The van der Waals surface area contributed by atoms with E-state index in [2.05, 4.69) is 5.32 Å². The molecule has 0 saturated heterocycles. The van der Waals surface area contributed by atoms with Crippen molar-refractivity contribution in [3.63, 3.8) is 0 Å². The maximum absolute atomic E-state index is 10.7. The van der Waals surface area contributed by atoms with Gasteiger partial charge in [-0.25, -0.2) is 0 Å². The van der Waals surface area contributed by atoms with Gasteiger partial charge in [0.05, 0.1) is 0 Å². The summed E-state index contributed by atoms with van der Waals surface area (Å²) in [5.41, 5.74) is 0. The predicted octanol–water partition coefficient (Wildman–Crippen LogP) is 1.63. The van der Waals surface area contributed by atoms with Crippen LogP contribution in [-0.4, -0.2) is 23.2 Å². The van der Waals surface area contributed by atoms with Crippen LogP contribution in [0.25, 0.3) is 0 Å². The van der Waals surface area contributed by atoms with Crippen LogP contribution in [0.15, 0.2) is 0 Å². The van der Waals surface area contributed by atoms with E-state index in [-0.39, 0.29) is 6.04 Å². The Hall–Kier alpha value is -0.570. The minimum absolute atomic E-state index is 0.389.